The fourth-order valence-corrected chi connectivity index (χ4v) is 4.17. The molecule has 3 aliphatic heterocycles. The molecule has 1 aromatic rings. The standard InChI is InChI=1S/C23H26N6O3/c1-23(2)8-10-29(11-9-23)21-16(27-22(32)17-6-7-18(24-3)25-17)5-4-15(26-21)14-12-19(30)28-20(31)13-14/h4-5,7,14H,6,8-13H2,1-2H3,(H,27,32)(H,28,30,31). The van der Waals surface area contributed by atoms with E-state index in [0.717, 1.165) is 25.9 Å². The Labute approximate surface area is 186 Å². The number of imide groups is 1. The molecule has 0 bridgehead atoms. The largest absolute Gasteiger partial charge is 0.361 e. The van der Waals surface area contributed by atoms with Gasteiger partial charge in [-0.3, -0.25) is 19.7 Å². The molecular formula is C23H26N6O3. The minimum atomic E-state index is -0.361. The summed E-state index contributed by atoms with van der Waals surface area (Å²) in [6, 6.07) is 3.55. The molecule has 166 valence electrons. The third kappa shape index (κ3) is 4.69. The van der Waals surface area contributed by atoms with Crippen LogP contribution in [0.5, 0.6) is 0 Å². The molecule has 4 rings (SSSR count). The van der Waals surface area contributed by atoms with Gasteiger partial charge in [0.15, 0.2) is 11.5 Å². The number of carbonyl (C=O) groups excluding carboxylic acids is 3. The van der Waals surface area contributed by atoms with Crippen molar-refractivity contribution in [2.45, 2.75) is 51.9 Å². The lowest BCUT2D eigenvalue weighted by molar-refractivity contribution is -0.133. The highest BCUT2D eigenvalue weighted by Crippen LogP contribution is 2.36. The number of aromatic nitrogens is 1. The van der Waals surface area contributed by atoms with Crippen LogP contribution < -0.4 is 15.5 Å². The predicted molar refractivity (Wildman–Crippen MR) is 120 cm³/mol. The second-order valence-electron chi connectivity index (χ2n) is 9.23. The molecule has 2 N–H and O–H groups in total. The summed E-state index contributed by atoms with van der Waals surface area (Å²) in [4.78, 5) is 50.8. The van der Waals surface area contributed by atoms with Gasteiger partial charge in [0.1, 0.15) is 0 Å². The Hall–Kier alpha value is -3.54. The normalized spacial score (nSPS) is 20.8. The smallest absolute Gasteiger partial charge is 0.294 e. The molecule has 0 atom stereocenters. The van der Waals surface area contributed by atoms with Crippen LogP contribution in [0, 0.1) is 12.0 Å². The Morgan fingerprint density at radius 3 is 2.53 bits per heavy atom. The van der Waals surface area contributed by atoms with Gasteiger partial charge in [0.05, 0.1) is 5.69 Å². The minimum Gasteiger partial charge on any atom is -0.361 e. The zero-order valence-electron chi connectivity index (χ0n) is 18.3. The first-order chi connectivity index (χ1) is 15.2. The lowest BCUT2D eigenvalue weighted by Crippen LogP contribution is -2.39. The monoisotopic (exact) mass is 434 g/mol. The molecule has 9 heteroatoms. The zero-order chi connectivity index (χ0) is 22.9. The van der Waals surface area contributed by atoms with Crippen LogP contribution in [0.4, 0.5) is 11.5 Å². The van der Waals surface area contributed by atoms with Crippen LogP contribution in [0.15, 0.2) is 29.0 Å². The van der Waals surface area contributed by atoms with Crippen molar-refractivity contribution >= 4 is 34.9 Å². The number of amides is 3. The van der Waals surface area contributed by atoms with Crippen molar-refractivity contribution < 1.29 is 14.4 Å². The summed E-state index contributed by atoms with van der Waals surface area (Å²) < 4.78 is 0. The van der Waals surface area contributed by atoms with Crippen molar-refractivity contribution in [3.8, 4) is 0 Å². The van der Waals surface area contributed by atoms with Crippen LogP contribution in [-0.2, 0) is 14.4 Å². The van der Waals surface area contributed by atoms with E-state index < -0.39 is 0 Å². The number of nitrogens with zero attached hydrogens (tertiary/aromatic N) is 4. The lowest BCUT2D eigenvalue weighted by Gasteiger charge is -2.38. The van der Waals surface area contributed by atoms with Gasteiger partial charge in [0.2, 0.25) is 11.8 Å². The molecule has 0 aliphatic carbocycles. The van der Waals surface area contributed by atoms with Crippen molar-refractivity contribution in [1.29, 1.82) is 0 Å². The predicted octanol–water partition coefficient (Wildman–Crippen LogP) is 2.77. The topological polar surface area (TPSA) is 108 Å². The quantitative estimate of drug-likeness (QED) is 0.560. The number of allylic oxidation sites excluding steroid dienone is 1. The molecule has 0 spiro atoms. The highest BCUT2D eigenvalue weighted by Gasteiger charge is 2.31. The Kier molecular flexibility index (Phi) is 5.78. The average Bonchev–Trinajstić information content (AvgIpc) is 3.23. The Morgan fingerprint density at radius 2 is 1.91 bits per heavy atom. The molecule has 3 amide bonds. The number of aliphatic imine (C=N–C) groups is 1. The summed E-state index contributed by atoms with van der Waals surface area (Å²) in [5, 5.41) is 5.24. The number of carbonyl (C=O) groups is 3. The molecular weight excluding hydrogens is 408 g/mol. The van der Waals surface area contributed by atoms with Gasteiger partial charge < -0.3 is 15.1 Å². The Morgan fingerprint density at radius 1 is 1.22 bits per heavy atom. The van der Waals surface area contributed by atoms with Crippen molar-refractivity contribution in [3.05, 3.63) is 41.1 Å². The summed E-state index contributed by atoms with van der Waals surface area (Å²) in [6.07, 6.45) is 4.34. The minimum absolute atomic E-state index is 0.207. The van der Waals surface area contributed by atoms with Crippen molar-refractivity contribution in [3.63, 3.8) is 0 Å². The maximum absolute atomic E-state index is 12.8. The van der Waals surface area contributed by atoms with Crippen molar-refractivity contribution in [2.75, 3.05) is 23.3 Å². The van der Waals surface area contributed by atoms with Crippen LogP contribution in [0.1, 0.15) is 57.6 Å². The second kappa shape index (κ2) is 8.54. The third-order valence-corrected chi connectivity index (χ3v) is 6.23. The fourth-order valence-electron chi connectivity index (χ4n) is 4.17. The number of rotatable bonds is 4. The van der Waals surface area contributed by atoms with E-state index in [1.165, 1.54) is 0 Å². The maximum Gasteiger partial charge on any atom is 0.294 e. The fraction of sp³-hybridized carbons (Fsp3) is 0.478. The SMILES string of the molecule is [C-]#[N+]C1=CCC(C(=O)Nc2ccc(C3CC(=O)NC(=O)C3)nc2N2CCC(C)(C)CC2)=N1. The molecule has 0 saturated carbocycles. The summed E-state index contributed by atoms with van der Waals surface area (Å²) in [6.45, 7) is 13.1. The first kappa shape index (κ1) is 21.7. The van der Waals surface area contributed by atoms with E-state index in [0.29, 0.717) is 29.3 Å². The van der Waals surface area contributed by atoms with E-state index in [9.17, 15) is 14.4 Å². The summed E-state index contributed by atoms with van der Waals surface area (Å²) in [5.74, 6) is -0.377. The Bertz CT molecular complexity index is 1060. The van der Waals surface area contributed by atoms with E-state index >= 15 is 0 Å². The van der Waals surface area contributed by atoms with E-state index in [1.807, 2.05) is 0 Å². The van der Waals surface area contributed by atoms with Crippen molar-refractivity contribution in [1.82, 2.24) is 10.3 Å². The molecule has 32 heavy (non-hydrogen) atoms. The van der Waals surface area contributed by atoms with Gasteiger partial charge in [-0.25, -0.2) is 4.98 Å². The molecule has 9 nitrogen and oxygen atoms in total. The number of piperidine rings is 2. The van der Waals surface area contributed by atoms with Crippen LogP contribution in [-0.4, -0.2) is 41.5 Å². The van der Waals surface area contributed by atoms with Gasteiger partial charge in [-0.05, 0) is 30.4 Å². The molecule has 1 aromatic heterocycles. The number of nitrogens with one attached hydrogen (secondary N) is 2. The number of hydrogen-bond acceptors (Lipinski definition) is 6. The molecule has 0 aromatic carbocycles. The van der Waals surface area contributed by atoms with Gasteiger partial charge in [-0.2, -0.15) is 0 Å². The third-order valence-electron chi connectivity index (χ3n) is 6.23. The lowest BCUT2D eigenvalue weighted by atomic mass is 9.82. The van der Waals surface area contributed by atoms with E-state index in [2.05, 4.69) is 39.2 Å². The average molecular weight is 435 g/mol. The summed E-state index contributed by atoms with van der Waals surface area (Å²) in [5.41, 5.74) is 1.76. The van der Waals surface area contributed by atoms with Crippen LogP contribution in [0.2, 0.25) is 0 Å². The van der Waals surface area contributed by atoms with Gasteiger partial charge in [0, 0.05) is 44.0 Å². The van der Waals surface area contributed by atoms with Crippen LogP contribution >= 0.6 is 0 Å². The second-order valence-corrected chi connectivity index (χ2v) is 9.23. The first-order valence-corrected chi connectivity index (χ1v) is 10.8. The van der Waals surface area contributed by atoms with Gasteiger partial charge in [-0.1, -0.05) is 26.5 Å². The first-order valence-electron chi connectivity index (χ1n) is 10.8. The van der Waals surface area contributed by atoms with Gasteiger partial charge in [0.25, 0.3) is 11.7 Å². The maximum atomic E-state index is 12.8. The zero-order valence-corrected chi connectivity index (χ0v) is 18.3. The van der Waals surface area contributed by atoms with Gasteiger partial charge in [-0.15, -0.1) is 4.99 Å². The van der Waals surface area contributed by atoms with Crippen LogP contribution in [0.3, 0.4) is 0 Å². The van der Waals surface area contributed by atoms with E-state index in [4.69, 9.17) is 11.6 Å². The van der Waals surface area contributed by atoms with Crippen LogP contribution in [0.25, 0.3) is 4.85 Å². The molecule has 3 aliphatic rings. The van der Waals surface area contributed by atoms with E-state index in [1.54, 1.807) is 18.2 Å². The molecule has 2 saturated heterocycles. The number of pyridine rings is 1. The summed E-state index contributed by atoms with van der Waals surface area (Å²) >= 11 is 0. The number of hydrogen-bond donors (Lipinski definition) is 2. The number of anilines is 2. The van der Waals surface area contributed by atoms with E-state index in [-0.39, 0.29) is 47.7 Å². The molecule has 2 fully saturated rings. The summed E-state index contributed by atoms with van der Waals surface area (Å²) in [7, 11) is 0. The van der Waals surface area contributed by atoms with Gasteiger partial charge >= 0.3 is 0 Å². The molecule has 0 radical (unpaired) electrons. The molecule has 0 unspecified atom stereocenters. The van der Waals surface area contributed by atoms with Crippen molar-refractivity contribution in [2.24, 2.45) is 10.4 Å². The highest BCUT2D eigenvalue weighted by atomic mass is 16.2. The highest BCUT2D eigenvalue weighted by molar-refractivity contribution is 6.44. The molecule has 4 heterocycles. The Balaban J connectivity index is 1.62.